The van der Waals surface area contributed by atoms with Gasteiger partial charge in [-0.2, -0.15) is 13.2 Å². The maximum atomic E-state index is 12.4. The summed E-state index contributed by atoms with van der Waals surface area (Å²) in [7, 11) is 0. The van der Waals surface area contributed by atoms with Crippen LogP contribution in [0.25, 0.3) is 0 Å². The highest BCUT2D eigenvalue weighted by atomic mass is 19.4. The van der Waals surface area contributed by atoms with Gasteiger partial charge in [0.1, 0.15) is 5.76 Å². The van der Waals surface area contributed by atoms with Crippen LogP contribution in [0.15, 0.2) is 11.3 Å². The normalized spacial score (nSPS) is 23.8. The summed E-state index contributed by atoms with van der Waals surface area (Å²) >= 11 is 0. The number of allylic oxidation sites excluding steroid dienone is 1. The average Bonchev–Trinajstić information content (AvgIpc) is 2.40. The van der Waals surface area contributed by atoms with E-state index in [0.29, 0.717) is 32.5 Å². The first-order valence-corrected chi connectivity index (χ1v) is 7.58. The Bertz CT molecular complexity index is 396. The smallest absolute Gasteiger partial charge is 0.401 e. The van der Waals surface area contributed by atoms with Crippen molar-refractivity contribution in [3.05, 3.63) is 11.3 Å². The molecule has 2 rings (SSSR count). The fourth-order valence-corrected chi connectivity index (χ4v) is 2.95. The van der Waals surface area contributed by atoms with Crippen LogP contribution in [0.1, 0.15) is 40.0 Å². The molecule has 1 spiro atoms. The van der Waals surface area contributed by atoms with Gasteiger partial charge in [-0.3, -0.25) is 4.90 Å². The van der Waals surface area contributed by atoms with Crippen molar-refractivity contribution in [1.82, 2.24) is 4.90 Å². The van der Waals surface area contributed by atoms with Gasteiger partial charge in [-0.05, 0) is 12.0 Å². The van der Waals surface area contributed by atoms with E-state index in [9.17, 15) is 13.2 Å². The summed E-state index contributed by atoms with van der Waals surface area (Å²) < 4.78 is 49.3. The van der Waals surface area contributed by atoms with Crippen molar-refractivity contribution in [3.63, 3.8) is 0 Å². The third-order valence-corrected chi connectivity index (χ3v) is 4.13. The van der Waals surface area contributed by atoms with Gasteiger partial charge >= 0.3 is 6.18 Å². The van der Waals surface area contributed by atoms with Crippen LogP contribution in [0.3, 0.4) is 0 Å². The molecule has 2 heterocycles. The van der Waals surface area contributed by atoms with Gasteiger partial charge in [0.25, 0.3) is 0 Å². The minimum Gasteiger partial charge on any atom is -0.466 e. The average molecular weight is 307 g/mol. The quantitative estimate of drug-likeness (QED) is 0.793. The number of halogens is 3. The number of alkyl halides is 3. The minimum absolute atomic E-state index is 0.272. The van der Waals surface area contributed by atoms with Crippen LogP contribution in [-0.2, 0) is 9.47 Å². The van der Waals surface area contributed by atoms with Crippen molar-refractivity contribution in [3.8, 4) is 0 Å². The molecule has 0 aromatic heterocycles. The topological polar surface area (TPSA) is 21.7 Å². The molecule has 0 N–H and O–H groups in total. The predicted molar refractivity (Wildman–Crippen MR) is 73.7 cm³/mol. The summed E-state index contributed by atoms with van der Waals surface area (Å²) in [5.74, 6) is 0.516. The van der Waals surface area contributed by atoms with Gasteiger partial charge in [0.05, 0.1) is 13.2 Å². The fraction of sp³-hybridized carbons (Fsp3) is 0.867. The summed E-state index contributed by atoms with van der Waals surface area (Å²) in [5, 5.41) is 0. The Hall–Kier alpha value is -0.750. The van der Waals surface area contributed by atoms with Gasteiger partial charge in [-0.15, -0.1) is 0 Å². The summed E-state index contributed by atoms with van der Waals surface area (Å²) in [6.45, 7) is 6.60. The molecule has 0 radical (unpaired) electrons. The van der Waals surface area contributed by atoms with Crippen LogP contribution < -0.4 is 0 Å². The second-order valence-corrected chi connectivity index (χ2v) is 6.17. The molecule has 6 heteroatoms. The van der Waals surface area contributed by atoms with Gasteiger partial charge in [-0.1, -0.05) is 20.8 Å². The monoisotopic (exact) mass is 307 g/mol. The number of rotatable bonds is 3. The van der Waals surface area contributed by atoms with Crippen molar-refractivity contribution in [2.75, 3.05) is 26.2 Å². The predicted octanol–water partition coefficient (Wildman–Crippen LogP) is 3.71. The number of piperidine rings is 1. The Labute approximate surface area is 124 Å². The van der Waals surface area contributed by atoms with Crippen molar-refractivity contribution < 1.29 is 22.6 Å². The molecule has 0 aromatic carbocycles. The lowest BCUT2D eigenvalue weighted by Crippen LogP contribution is -2.51. The first kappa shape index (κ1) is 16.6. The zero-order chi connectivity index (χ0) is 15.7. The van der Waals surface area contributed by atoms with E-state index in [1.165, 1.54) is 4.90 Å². The zero-order valence-electron chi connectivity index (χ0n) is 12.9. The van der Waals surface area contributed by atoms with Crippen molar-refractivity contribution >= 4 is 0 Å². The molecule has 0 aliphatic carbocycles. The van der Waals surface area contributed by atoms with Crippen molar-refractivity contribution in [1.29, 1.82) is 0 Å². The van der Waals surface area contributed by atoms with E-state index in [2.05, 4.69) is 20.8 Å². The molecule has 2 aliphatic heterocycles. The van der Waals surface area contributed by atoms with Crippen LogP contribution in [0.4, 0.5) is 13.2 Å². The maximum absolute atomic E-state index is 12.4. The highest BCUT2D eigenvalue weighted by molar-refractivity contribution is 5.14. The molecule has 0 bridgehead atoms. The Morgan fingerprint density at radius 3 is 2.33 bits per heavy atom. The lowest BCUT2D eigenvalue weighted by molar-refractivity contribution is -0.255. The standard InChI is InChI=1S/C15H24F3NO2/c1-4-12-9-20-14(21-13(12)11(2)3)5-7-19(8-6-14)10-15(16,17)18/h11H,4-10H2,1-3H3. The first-order chi connectivity index (χ1) is 9.75. The SMILES string of the molecule is CCC1=C(C(C)C)OC2(CCN(CC(F)(F)F)CC2)OC1. The molecule has 3 nitrogen and oxygen atoms in total. The lowest BCUT2D eigenvalue weighted by Gasteiger charge is -2.45. The lowest BCUT2D eigenvalue weighted by atomic mass is 9.98. The molecule has 0 saturated carbocycles. The first-order valence-electron chi connectivity index (χ1n) is 7.58. The molecule has 1 fully saturated rings. The van der Waals surface area contributed by atoms with Crippen LogP contribution in [0.2, 0.25) is 0 Å². The molecule has 0 unspecified atom stereocenters. The van der Waals surface area contributed by atoms with Crippen LogP contribution >= 0.6 is 0 Å². The van der Waals surface area contributed by atoms with Gasteiger partial charge in [-0.25, -0.2) is 0 Å². The minimum atomic E-state index is -4.14. The Kier molecular flexibility index (Phi) is 4.88. The second-order valence-electron chi connectivity index (χ2n) is 6.17. The van der Waals surface area contributed by atoms with Gasteiger partial charge in [0.2, 0.25) is 5.79 Å². The molecule has 0 aromatic rings. The third kappa shape index (κ3) is 4.13. The molecule has 0 atom stereocenters. The van der Waals surface area contributed by atoms with Gasteiger partial charge in [0, 0.05) is 31.8 Å². The van der Waals surface area contributed by atoms with E-state index in [4.69, 9.17) is 9.47 Å². The number of hydrogen-bond acceptors (Lipinski definition) is 3. The molecule has 21 heavy (non-hydrogen) atoms. The molecule has 122 valence electrons. The zero-order valence-corrected chi connectivity index (χ0v) is 12.9. The van der Waals surface area contributed by atoms with E-state index in [0.717, 1.165) is 17.8 Å². The molecular weight excluding hydrogens is 283 g/mol. The number of ether oxygens (including phenoxy) is 2. The maximum Gasteiger partial charge on any atom is 0.401 e. The third-order valence-electron chi connectivity index (χ3n) is 4.13. The van der Waals surface area contributed by atoms with Crippen LogP contribution in [-0.4, -0.2) is 43.1 Å². The van der Waals surface area contributed by atoms with E-state index in [-0.39, 0.29) is 5.92 Å². The largest absolute Gasteiger partial charge is 0.466 e. The molecular formula is C15H24F3NO2. The summed E-state index contributed by atoms with van der Waals surface area (Å²) in [5.41, 5.74) is 1.16. The van der Waals surface area contributed by atoms with Crippen molar-refractivity contribution in [2.45, 2.75) is 52.0 Å². The van der Waals surface area contributed by atoms with E-state index in [1.807, 2.05) is 0 Å². The summed E-state index contributed by atoms with van der Waals surface area (Å²) in [6.07, 6.45) is -2.30. The Morgan fingerprint density at radius 2 is 1.86 bits per heavy atom. The van der Waals surface area contributed by atoms with Crippen molar-refractivity contribution in [2.24, 2.45) is 5.92 Å². The second kappa shape index (κ2) is 6.16. The van der Waals surface area contributed by atoms with Crippen LogP contribution in [0, 0.1) is 5.92 Å². The van der Waals surface area contributed by atoms with Gasteiger partial charge in [0.15, 0.2) is 0 Å². The number of hydrogen-bond donors (Lipinski definition) is 0. The highest BCUT2D eigenvalue weighted by Gasteiger charge is 2.43. The molecule has 1 saturated heterocycles. The fourth-order valence-electron chi connectivity index (χ4n) is 2.95. The highest BCUT2D eigenvalue weighted by Crippen LogP contribution is 2.38. The van der Waals surface area contributed by atoms with E-state index < -0.39 is 18.5 Å². The van der Waals surface area contributed by atoms with Gasteiger partial charge < -0.3 is 9.47 Å². The Morgan fingerprint density at radius 1 is 1.24 bits per heavy atom. The number of likely N-dealkylation sites (tertiary alicyclic amines) is 1. The molecule has 0 amide bonds. The summed E-state index contributed by atoms with van der Waals surface area (Å²) in [4.78, 5) is 1.42. The van der Waals surface area contributed by atoms with E-state index >= 15 is 0 Å². The van der Waals surface area contributed by atoms with Crippen LogP contribution in [0.5, 0.6) is 0 Å². The summed E-state index contributed by atoms with van der Waals surface area (Å²) in [6, 6.07) is 0. The number of nitrogens with zero attached hydrogens (tertiary/aromatic N) is 1. The Balaban J connectivity index is 1.99. The van der Waals surface area contributed by atoms with E-state index in [1.54, 1.807) is 0 Å². The molecule has 2 aliphatic rings.